The summed E-state index contributed by atoms with van der Waals surface area (Å²) in [5.74, 6) is 0.353. The van der Waals surface area contributed by atoms with Gasteiger partial charge in [-0.1, -0.05) is 49.0 Å². The monoisotopic (exact) mass is 216 g/mol. The van der Waals surface area contributed by atoms with Crippen LogP contribution in [0.1, 0.15) is 13.8 Å². The fourth-order valence-electron chi connectivity index (χ4n) is 0.857. The van der Waals surface area contributed by atoms with Crippen LogP contribution in [-0.2, 0) is 0 Å². The first kappa shape index (κ1) is 10.5. The Morgan fingerprint density at radius 2 is 2.00 bits per heavy atom. The highest BCUT2D eigenvalue weighted by molar-refractivity contribution is 9.11. The maximum Gasteiger partial charge on any atom is 0.112 e. The average molecular weight is 217 g/mol. The number of aliphatic hydroxyl groups is 1. The van der Waals surface area contributed by atoms with E-state index in [1.165, 1.54) is 0 Å². The lowest BCUT2D eigenvalue weighted by Gasteiger charge is -2.10. The molecule has 0 fully saturated rings. The molecule has 0 heterocycles. The Kier molecular flexibility index (Phi) is 4.19. The molecule has 0 amide bonds. The molecule has 0 aliphatic carbocycles. The van der Waals surface area contributed by atoms with Gasteiger partial charge in [0.1, 0.15) is 5.76 Å². The summed E-state index contributed by atoms with van der Waals surface area (Å²) in [7, 11) is 0. The molecular formula is C9H13BrO. The minimum absolute atomic E-state index is 0.103. The van der Waals surface area contributed by atoms with Crippen LogP contribution in [-0.4, -0.2) is 5.11 Å². The van der Waals surface area contributed by atoms with Gasteiger partial charge in [0.25, 0.3) is 0 Å². The van der Waals surface area contributed by atoms with Crippen molar-refractivity contribution in [2.45, 2.75) is 13.8 Å². The molecule has 0 aliphatic rings. The van der Waals surface area contributed by atoms with E-state index in [2.05, 4.69) is 29.1 Å². The van der Waals surface area contributed by atoms with Gasteiger partial charge in [-0.25, -0.2) is 0 Å². The van der Waals surface area contributed by atoms with E-state index in [-0.39, 0.29) is 11.7 Å². The average Bonchev–Trinajstić information content (AvgIpc) is 1.85. The van der Waals surface area contributed by atoms with E-state index in [0.717, 1.165) is 10.1 Å². The lowest BCUT2D eigenvalue weighted by molar-refractivity contribution is 0.413. The van der Waals surface area contributed by atoms with Gasteiger partial charge in [-0.15, -0.1) is 0 Å². The van der Waals surface area contributed by atoms with Crippen LogP contribution in [0.3, 0.4) is 0 Å². The first-order chi connectivity index (χ1) is 5.00. The summed E-state index contributed by atoms with van der Waals surface area (Å²) in [6.45, 7) is 11.0. The molecule has 0 saturated heterocycles. The number of allylic oxidation sites excluding steroid dienone is 3. The highest BCUT2D eigenvalue weighted by Crippen LogP contribution is 2.24. The molecule has 0 atom stereocenters. The lowest BCUT2D eigenvalue weighted by Crippen LogP contribution is -1.98. The maximum atomic E-state index is 9.15. The predicted octanol–water partition coefficient (Wildman–Crippen LogP) is 3.55. The van der Waals surface area contributed by atoms with E-state index < -0.39 is 0 Å². The van der Waals surface area contributed by atoms with E-state index in [0.29, 0.717) is 0 Å². The van der Waals surface area contributed by atoms with Crippen molar-refractivity contribution in [1.82, 2.24) is 0 Å². The molecular weight excluding hydrogens is 204 g/mol. The minimum atomic E-state index is 0.103. The molecule has 0 unspecified atom stereocenters. The number of hydrogen-bond acceptors (Lipinski definition) is 1. The fourth-order valence-corrected chi connectivity index (χ4v) is 1.54. The number of rotatable bonds is 3. The van der Waals surface area contributed by atoms with Gasteiger partial charge in [-0.05, 0) is 5.92 Å². The first-order valence-corrected chi connectivity index (χ1v) is 4.20. The highest BCUT2D eigenvalue weighted by Gasteiger charge is 2.09. The first-order valence-electron chi connectivity index (χ1n) is 3.41. The number of hydrogen-bond donors (Lipinski definition) is 1. The van der Waals surface area contributed by atoms with Crippen molar-refractivity contribution in [2.75, 3.05) is 0 Å². The van der Waals surface area contributed by atoms with Crippen molar-refractivity contribution in [3.8, 4) is 0 Å². The quantitative estimate of drug-likeness (QED) is 0.566. The topological polar surface area (TPSA) is 20.2 Å². The molecule has 11 heavy (non-hydrogen) atoms. The summed E-state index contributed by atoms with van der Waals surface area (Å²) < 4.78 is 0.806. The predicted molar refractivity (Wildman–Crippen MR) is 52.8 cm³/mol. The van der Waals surface area contributed by atoms with E-state index in [1.54, 1.807) is 6.08 Å². The van der Waals surface area contributed by atoms with Crippen molar-refractivity contribution < 1.29 is 5.11 Å². The van der Waals surface area contributed by atoms with E-state index in [9.17, 15) is 0 Å². The van der Waals surface area contributed by atoms with E-state index >= 15 is 0 Å². The van der Waals surface area contributed by atoms with Crippen molar-refractivity contribution in [1.29, 1.82) is 0 Å². The van der Waals surface area contributed by atoms with Gasteiger partial charge in [0, 0.05) is 10.1 Å². The fraction of sp³-hybridized carbons (Fsp3) is 0.333. The van der Waals surface area contributed by atoms with Crippen LogP contribution in [0.5, 0.6) is 0 Å². The van der Waals surface area contributed by atoms with E-state index in [1.807, 2.05) is 13.8 Å². The molecule has 2 heteroatoms. The van der Waals surface area contributed by atoms with E-state index in [4.69, 9.17) is 5.11 Å². The Morgan fingerprint density at radius 1 is 1.55 bits per heavy atom. The second kappa shape index (κ2) is 4.39. The Labute approximate surface area is 76.3 Å². The Morgan fingerprint density at radius 3 is 2.09 bits per heavy atom. The van der Waals surface area contributed by atoms with Crippen molar-refractivity contribution in [3.63, 3.8) is 0 Å². The van der Waals surface area contributed by atoms with Crippen LogP contribution in [0, 0.1) is 5.92 Å². The standard InChI is InChI=1S/C9H13BrO/c1-5-8(10)9(6(2)3)7(4)11/h5-6,11H,1,4H2,2-3H3/b9-8+. The number of aliphatic hydroxyl groups excluding tert-OH is 1. The van der Waals surface area contributed by atoms with Crippen LogP contribution in [0.4, 0.5) is 0 Å². The summed E-state index contributed by atoms with van der Waals surface area (Å²) in [4.78, 5) is 0. The van der Waals surface area contributed by atoms with Gasteiger partial charge in [0.15, 0.2) is 0 Å². The third kappa shape index (κ3) is 2.93. The van der Waals surface area contributed by atoms with Gasteiger partial charge in [-0.3, -0.25) is 0 Å². The van der Waals surface area contributed by atoms with Crippen LogP contribution in [0.2, 0.25) is 0 Å². The smallest absolute Gasteiger partial charge is 0.112 e. The van der Waals surface area contributed by atoms with Crippen LogP contribution in [0.15, 0.2) is 35.0 Å². The second-order valence-electron chi connectivity index (χ2n) is 2.57. The molecule has 62 valence electrons. The Balaban J connectivity index is 4.87. The molecule has 0 aromatic heterocycles. The Bertz CT molecular complexity index is 202. The molecule has 1 nitrogen and oxygen atoms in total. The zero-order chi connectivity index (χ0) is 9.02. The third-order valence-corrected chi connectivity index (χ3v) is 2.08. The van der Waals surface area contributed by atoms with Gasteiger partial charge < -0.3 is 5.11 Å². The van der Waals surface area contributed by atoms with Gasteiger partial charge >= 0.3 is 0 Å². The Hall–Kier alpha value is -0.500. The lowest BCUT2D eigenvalue weighted by atomic mass is 10.0. The van der Waals surface area contributed by atoms with Crippen LogP contribution < -0.4 is 0 Å². The van der Waals surface area contributed by atoms with Crippen molar-refractivity contribution >= 4 is 15.9 Å². The molecule has 1 N–H and O–H groups in total. The molecule has 0 rings (SSSR count). The zero-order valence-corrected chi connectivity index (χ0v) is 8.48. The molecule has 0 aromatic carbocycles. The molecule has 0 bridgehead atoms. The molecule has 0 saturated carbocycles. The summed E-state index contributed by atoms with van der Waals surface area (Å²) in [6, 6.07) is 0. The minimum Gasteiger partial charge on any atom is -0.508 e. The van der Waals surface area contributed by atoms with Crippen LogP contribution >= 0.6 is 15.9 Å². The maximum absolute atomic E-state index is 9.15. The normalized spacial score (nSPS) is 12.7. The summed E-state index contributed by atoms with van der Waals surface area (Å²) in [6.07, 6.45) is 1.65. The summed E-state index contributed by atoms with van der Waals surface area (Å²) in [5.41, 5.74) is 0.806. The number of halogens is 1. The van der Waals surface area contributed by atoms with Crippen molar-refractivity contribution in [2.24, 2.45) is 5.92 Å². The summed E-state index contributed by atoms with van der Waals surface area (Å²) in [5, 5.41) is 9.15. The van der Waals surface area contributed by atoms with Gasteiger partial charge in [-0.2, -0.15) is 0 Å². The second-order valence-corrected chi connectivity index (χ2v) is 3.42. The largest absolute Gasteiger partial charge is 0.508 e. The zero-order valence-electron chi connectivity index (χ0n) is 6.89. The molecule has 0 radical (unpaired) electrons. The molecule has 0 spiro atoms. The highest BCUT2D eigenvalue weighted by atomic mass is 79.9. The summed E-state index contributed by atoms with van der Waals surface area (Å²) >= 11 is 3.29. The SMILES string of the molecule is C=C/C(Br)=C(\C(=C)O)C(C)C. The molecule has 0 aliphatic heterocycles. The van der Waals surface area contributed by atoms with Gasteiger partial charge in [0.05, 0.1) is 0 Å². The third-order valence-electron chi connectivity index (χ3n) is 1.32. The van der Waals surface area contributed by atoms with Gasteiger partial charge in [0.2, 0.25) is 0 Å². The molecule has 0 aromatic rings. The van der Waals surface area contributed by atoms with Crippen LogP contribution in [0.25, 0.3) is 0 Å². The van der Waals surface area contributed by atoms with Crippen molar-refractivity contribution in [3.05, 3.63) is 35.0 Å².